The van der Waals surface area contributed by atoms with E-state index < -0.39 is 10.9 Å². The fourth-order valence-electron chi connectivity index (χ4n) is 1.28. The summed E-state index contributed by atoms with van der Waals surface area (Å²) >= 11 is 0. The molecule has 0 aromatic heterocycles. The molecule has 0 bridgehead atoms. The normalized spacial score (nSPS) is 9.47. The molecule has 0 heterocycles. The molecule has 1 rings (SSSR count). The molecule has 0 saturated carbocycles. The van der Waals surface area contributed by atoms with Crippen molar-refractivity contribution in [3.63, 3.8) is 0 Å². The summed E-state index contributed by atoms with van der Waals surface area (Å²) < 4.78 is 9.93. The van der Waals surface area contributed by atoms with Crippen LogP contribution in [0.1, 0.15) is 10.4 Å². The van der Waals surface area contributed by atoms with Gasteiger partial charge in [-0.2, -0.15) is 0 Å². The second kappa shape index (κ2) is 6.95. The van der Waals surface area contributed by atoms with Crippen molar-refractivity contribution in [2.75, 3.05) is 13.2 Å². The summed E-state index contributed by atoms with van der Waals surface area (Å²) in [6.45, 7) is 7.04. The highest BCUT2D eigenvalue weighted by Crippen LogP contribution is 2.28. The molecule has 6 nitrogen and oxygen atoms in total. The smallest absolute Gasteiger partial charge is 0.338 e. The molecular weight excluding hydrogens is 250 g/mol. The van der Waals surface area contributed by atoms with Gasteiger partial charge in [-0.1, -0.05) is 25.3 Å². The molecule has 1 aromatic carbocycles. The standard InChI is InChI=1S/C13H13NO5/c1-3-7-18-12-6-5-10(9-11(12)14(16)17)13(15)19-8-4-2/h3-6,9H,1-2,7-8H2. The number of nitro groups is 1. The van der Waals surface area contributed by atoms with Gasteiger partial charge in [0.05, 0.1) is 10.5 Å². The number of hydrogen-bond donors (Lipinski definition) is 0. The Balaban J connectivity index is 3.01. The third-order valence-corrected chi connectivity index (χ3v) is 2.08. The van der Waals surface area contributed by atoms with Crippen molar-refractivity contribution in [1.82, 2.24) is 0 Å². The number of carbonyl (C=O) groups excluding carboxylic acids is 1. The van der Waals surface area contributed by atoms with Gasteiger partial charge in [0.15, 0.2) is 5.75 Å². The molecule has 0 aliphatic heterocycles. The number of hydrogen-bond acceptors (Lipinski definition) is 5. The van der Waals surface area contributed by atoms with Crippen LogP contribution in [0.15, 0.2) is 43.5 Å². The first-order chi connectivity index (χ1) is 9.10. The maximum atomic E-state index is 11.6. The third kappa shape index (κ3) is 3.95. The van der Waals surface area contributed by atoms with E-state index in [1.807, 2.05) is 0 Å². The van der Waals surface area contributed by atoms with Crippen LogP contribution >= 0.6 is 0 Å². The van der Waals surface area contributed by atoms with E-state index >= 15 is 0 Å². The molecule has 0 N–H and O–H groups in total. The molecular formula is C13H13NO5. The first kappa shape index (κ1) is 14.4. The van der Waals surface area contributed by atoms with Crippen LogP contribution in [0.25, 0.3) is 0 Å². The summed E-state index contributed by atoms with van der Waals surface area (Å²) in [5.74, 6) is -0.580. The van der Waals surface area contributed by atoms with Gasteiger partial charge in [0, 0.05) is 6.07 Å². The lowest BCUT2D eigenvalue weighted by Crippen LogP contribution is -2.06. The minimum Gasteiger partial charge on any atom is -0.483 e. The average Bonchev–Trinajstić information content (AvgIpc) is 2.42. The van der Waals surface area contributed by atoms with Gasteiger partial charge in [0.25, 0.3) is 0 Å². The Morgan fingerprint density at radius 3 is 2.58 bits per heavy atom. The Kier molecular flexibility index (Phi) is 5.28. The van der Waals surface area contributed by atoms with Crippen molar-refractivity contribution in [3.05, 3.63) is 59.2 Å². The summed E-state index contributed by atoms with van der Waals surface area (Å²) in [4.78, 5) is 21.8. The largest absolute Gasteiger partial charge is 0.483 e. The van der Waals surface area contributed by atoms with Gasteiger partial charge in [0.2, 0.25) is 0 Å². The van der Waals surface area contributed by atoms with E-state index in [0.29, 0.717) is 0 Å². The van der Waals surface area contributed by atoms with Crippen LogP contribution in [0, 0.1) is 10.1 Å². The molecule has 0 radical (unpaired) electrons. The zero-order valence-electron chi connectivity index (χ0n) is 10.2. The first-order valence-corrected chi connectivity index (χ1v) is 5.40. The molecule has 6 heteroatoms. The number of benzene rings is 1. The minimum atomic E-state index is -0.654. The van der Waals surface area contributed by atoms with Crippen LogP contribution in [0.4, 0.5) is 5.69 Å². The van der Waals surface area contributed by atoms with Crippen LogP contribution in [0.3, 0.4) is 0 Å². The third-order valence-electron chi connectivity index (χ3n) is 2.08. The molecule has 100 valence electrons. The van der Waals surface area contributed by atoms with Gasteiger partial charge in [0.1, 0.15) is 13.2 Å². The van der Waals surface area contributed by atoms with Gasteiger partial charge in [-0.3, -0.25) is 10.1 Å². The van der Waals surface area contributed by atoms with Gasteiger partial charge >= 0.3 is 11.7 Å². The molecule has 0 aliphatic rings. The van der Waals surface area contributed by atoms with Crippen molar-refractivity contribution in [2.45, 2.75) is 0 Å². The molecule has 0 fully saturated rings. The zero-order valence-corrected chi connectivity index (χ0v) is 10.2. The summed E-state index contributed by atoms with van der Waals surface area (Å²) in [6.07, 6.45) is 2.88. The Morgan fingerprint density at radius 1 is 1.32 bits per heavy atom. The number of nitrogens with zero attached hydrogens (tertiary/aromatic N) is 1. The maximum Gasteiger partial charge on any atom is 0.338 e. The van der Waals surface area contributed by atoms with Gasteiger partial charge < -0.3 is 9.47 Å². The fraction of sp³-hybridized carbons (Fsp3) is 0.154. The highest BCUT2D eigenvalue weighted by molar-refractivity contribution is 5.90. The number of ether oxygens (including phenoxy) is 2. The van der Waals surface area contributed by atoms with Crippen LogP contribution in [0.2, 0.25) is 0 Å². The molecule has 0 saturated heterocycles. The maximum absolute atomic E-state index is 11.6. The van der Waals surface area contributed by atoms with E-state index in [2.05, 4.69) is 13.2 Å². The monoisotopic (exact) mass is 263 g/mol. The summed E-state index contributed by atoms with van der Waals surface area (Å²) in [7, 11) is 0. The molecule has 0 aliphatic carbocycles. The molecule has 0 atom stereocenters. The zero-order chi connectivity index (χ0) is 14.3. The topological polar surface area (TPSA) is 78.7 Å². The average molecular weight is 263 g/mol. The van der Waals surface area contributed by atoms with Crippen molar-refractivity contribution < 1.29 is 19.2 Å². The fourth-order valence-corrected chi connectivity index (χ4v) is 1.28. The lowest BCUT2D eigenvalue weighted by molar-refractivity contribution is -0.385. The Morgan fingerprint density at radius 2 is 2.00 bits per heavy atom. The van der Waals surface area contributed by atoms with E-state index in [1.165, 1.54) is 24.3 Å². The molecule has 19 heavy (non-hydrogen) atoms. The van der Waals surface area contributed by atoms with E-state index in [9.17, 15) is 14.9 Å². The highest BCUT2D eigenvalue weighted by atomic mass is 16.6. The van der Waals surface area contributed by atoms with Crippen molar-refractivity contribution in [3.8, 4) is 5.75 Å². The Hall–Kier alpha value is -2.63. The second-order valence-electron chi connectivity index (χ2n) is 3.43. The van der Waals surface area contributed by atoms with Crippen molar-refractivity contribution >= 4 is 11.7 Å². The number of nitro benzene ring substituents is 1. The van der Waals surface area contributed by atoms with E-state index in [-0.39, 0.29) is 30.2 Å². The van der Waals surface area contributed by atoms with E-state index in [4.69, 9.17) is 9.47 Å². The van der Waals surface area contributed by atoms with Crippen LogP contribution in [0.5, 0.6) is 5.75 Å². The predicted molar refractivity (Wildman–Crippen MR) is 69.3 cm³/mol. The molecule has 0 spiro atoms. The van der Waals surface area contributed by atoms with E-state index in [0.717, 1.165) is 6.07 Å². The van der Waals surface area contributed by atoms with Gasteiger partial charge in [-0.15, -0.1) is 0 Å². The lowest BCUT2D eigenvalue weighted by Gasteiger charge is -2.06. The predicted octanol–water partition coefficient (Wildman–Crippen LogP) is 2.50. The minimum absolute atomic E-state index is 0.0430. The summed E-state index contributed by atoms with van der Waals surface area (Å²) in [5, 5.41) is 10.9. The summed E-state index contributed by atoms with van der Waals surface area (Å²) in [5.41, 5.74) is -0.214. The van der Waals surface area contributed by atoms with Crippen LogP contribution in [-0.4, -0.2) is 24.1 Å². The van der Waals surface area contributed by atoms with Crippen molar-refractivity contribution in [1.29, 1.82) is 0 Å². The van der Waals surface area contributed by atoms with Crippen LogP contribution in [-0.2, 0) is 4.74 Å². The number of carbonyl (C=O) groups is 1. The summed E-state index contributed by atoms with van der Waals surface area (Å²) in [6, 6.07) is 3.87. The Labute approximate surface area is 110 Å². The number of rotatable bonds is 7. The SMILES string of the molecule is C=CCOC(=O)c1ccc(OCC=C)c([N+](=O)[O-])c1. The highest BCUT2D eigenvalue weighted by Gasteiger charge is 2.19. The van der Waals surface area contributed by atoms with Crippen LogP contribution < -0.4 is 4.74 Å². The molecule has 0 amide bonds. The van der Waals surface area contributed by atoms with Gasteiger partial charge in [-0.25, -0.2) is 4.79 Å². The quantitative estimate of drug-likeness (QED) is 0.327. The number of esters is 1. The van der Waals surface area contributed by atoms with Crippen molar-refractivity contribution in [2.24, 2.45) is 0 Å². The van der Waals surface area contributed by atoms with E-state index in [1.54, 1.807) is 0 Å². The van der Waals surface area contributed by atoms with Gasteiger partial charge in [-0.05, 0) is 12.1 Å². The molecule has 1 aromatic rings. The lowest BCUT2D eigenvalue weighted by atomic mass is 10.2. The first-order valence-electron chi connectivity index (χ1n) is 5.40. The second-order valence-corrected chi connectivity index (χ2v) is 3.43. The Bertz CT molecular complexity index is 510. The molecule has 0 unspecified atom stereocenters.